The molecule has 0 fully saturated rings. The second-order valence-electron chi connectivity index (χ2n) is 22.9. The van der Waals surface area contributed by atoms with Gasteiger partial charge in [-0.2, -0.15) is 0 Å². The number of carbonyl (C=O) groups is 2. The van der Waals surface area contributed by atoms with Crippen LogP contribution in [0.5, 0.6) is 0 Å². The molecule has 3 unspecified atom stereocenters. The molecule has 0 rings (SSSR count). The number of quaternary nitrogens is 1. The molecule has 9 nitrogen and oxygen atoms in total. The molecule has 0 spiro atoms. The molecule has 0 aromatic carbocycles. The molecule has 0 aromatic heterocycles. The minimum atomic E-state index is -4.45. The largest absolute Gasteiger partial charge is 0.472 e. The minimum absolute atomic E-state index is 0.0379. The van der Waals surface area contributed by atoms with E-state index in [0.29, 0.717) is 17.4 Å². The zero-order valence-electron chi connectivity index (χ0n) is 50.7. The van der Waals surface area contributed by atoms with Crippen molar-refractivity contribution >= 4 is 19.7 Å². The van der Waals surface area contributed by atoms with Gasteiger partial charge in [-0.05, 0) is 96.0 Å². The lowest BCUT2D eigenvalue weighted by Crippen LogP contribution is -2.47. The van der Waals surface area contributed by atoms with Crippen LogP contribution in [0.3, 0.4) is 0 Å². The van der Waals surface area contributed by atoms with E-state index in [-0.39, 0.29) is 31.5 Å². The Labute approximate surface area is 471 Å². The SMILES string of the molecule is CCCCC/C=C\C/C=C\CCCCCCCCCCCC(=O)NC(COP(=O)(O)OCC[N+](C)(C)C)C(/C=C/CCCCCCCCCCCC)OC(=O)CCCCCCCCCCC/C=C\C/C=C\CCCCC. The normalized spacial score (nSPS) is 14.0. The lowest BCUT2D eigenvalue weighted by molar-refractivity contribution is -0.870. The highest BCUT2D eigenvalue weighted by molar-refractivity contribution is 7.47. The highest BCUT2D eigenvalue weighted by Gasteiger charge is 2.30. The number of phosphoric acid groups is 1. The van der Waals surface area contributed by atoms with E-state index in [2.05, 4.69) is 74.7 Å². The van der Waals surface area contributed by atoms with E-state index in [1.54, 1.807) is 0 Å². The second-order valence-corrected chi connectivity index (χ2v) is 24.4. The number of hydrogen-bond acceptors (Lipinski definition) is 6. The number of unbranched alkanes of at least 4 members (excludes halogenated alkanes) is 34. The molecule has 0 saturated heterocycles. The first-order valence-corrected chi connectivity index (χ1v) is 33.6. The number of phosphoric ester groups is 1. The number of ether oxygens (including phenoxy) is 1. The van der Waals surface area contributed by atoms with E-state index < -0.39 is 20.0 Å². The Morgan fingerprint density at radius 3 is 1.21 bits per heavy atom. The topological polar surface area (TPSA) is 111 Å². The van der Waals surface area contributed by atoms with Gasteiger partial charge in [0.15, 0.2) is 0 Å². The monoisotopic (exact) mass is 1090 g/mol. The molecular formula is C66H124N2O7P+. The van der Waals surface area contributed by atoms with Gasteiger partial charge in [-0.1, -0.05) is 249 Å². The highest BCUT2D eigenvalue weighted by Crippen LogP contribution is 2.43. The molecule has 2 N–H and O–H groups in total. The van der Waals surface area contributed by atoms with Crippen molar-refractivity contribution in [2.24, 2.45) is 0 Å². The van der Waals surface area contributed by atoms with Crippen LogP contribution in [0, 0.1) is 0 Å². The van der Waals surface area contributed by atoms with Gasteiger partial charge >= 0.3 is 13.8 Å². The maximum absolute atomic E-state index is 13.6. The van der Waals surface area contributed by atoms with Gasteiger partial charge < -0.3 is 19.4 Å². The third-order valence-corrected chi connectivity index (χ3v) is 15.2. The molecule has 444 valence electrons. The summed E-state index contributed by atoms with van der Waals surface area (Å²) in [5, 5.41) is 3.06. The van der Waals surface area contributed by atoms with Crippen molar-refractivity contribution in [2.45, 2.75) is 309 Å². The predicted octanol–water partition coefficient (Wildman–Crippen LogP) is 19.8. The molecule has 0 aliphatic heterocycles. The molecule has 3 atom stereocenters. The summed E-state index contributed by atoms with van der Waals surface area (Å²) in [6, 6.07) is -0.853. The highest BCUT2D eigenvalue weighted by atomic mass is 31.2. The Morgan fingerprint density at radius 2 is 0.803 bits per heavy atom. The molecule has 0 bridgehead atoms. The smallest absolute Gasteiger partial charge is 0.456 e. The van der Waals surface area contributed by atoms with Gasteiger partial charge in [-0.25, -0.2) is 4.57 Å². The van der Waals surface area contributed by atoms with Crippen molar-refractivity contribution in [1.82, 2.24) is 5.32 Å². The number of allylic oxidation sites excluding steroid dienone is 9. The molecule has 76 heavy (non-hydrogen) atoms. The summed E-state index contributed by atoms with van der Waals surface area (Å²) in [5.41, 5.74) is 0. The number of rotatable bonds is 58. The van der Waals surface area contributed by atoms with Crippen molar-refractivity contribution in [3.8, 4) is 0 Å². The summed E-state index contributed by atoms with van der Waals surface area (Å²) >= 11 is 0. The molecule has 0 aliphatic rings. The Morgan fingerprint density at radius 1 is 0.461 bits per heavy atom. The van der Waals surface area contributed by atoms with Crippen LogP contribution < -0.4 is 5.32 Å². The average Bonchev–Trinajstić information content (AvgIpc) is 3.38. The first-order valence-electron chi connectivity index (χ1n) is 32.1. The summed E-state index contributed by atoms with van der Waals surface area (Å²) in [5.74, 6) is -0.508. The molecular weight excluding hydrogens is 964 g/mol. The van der Waals surface area contributed by atoms with Crippen molar-refractivity contribution < 1.29 is 37.3 Å². The Kier molecular flexibility index (Phi) is 54.3. The minimum Gasteiger partial charge on any atom is -0.456 e. The fraction of sp³-hybridized carbons (Fsp3) is 0.818. The standard InChI is InChI=1S/C66H123N2O7P/c1-7-10-13-16-19-22-25-28-30-32-34-36-38-40-43-46-49-52-55-58-65(69)67-63(62-74-76(71,72)73-61-60-68(4,5)6)64(57-54-51-48-45-42-27-24-21-18-15-12-9-3)75-66(70)59-56-53-50-47-44-41-39-37-35-33-31-29-26-23-20-17-14-11-8-2/h19-20,22-23,28-31,54,57,63-64H,7-18,21,24-27,32-53,55-56,58-62H2,1-6H3,(H-,67,69,71,72)/p+1/b22-19-,23-20-,30-28-,31-29-,57-54+. The van der Waals surface area contributed by atoms with Crippen LogP contribution in [-0.2, 0) is 27.9 Å². The number of esters is 1. The third-order valence-electron chi connectivity index (χ3n) is 14.2. The second kappa shape index (κ2) is 56.0. The maximum Gasteiger partial charge on any atom is 0.472 e. The Bertz CT molecular complexity index is 1490. The summed E-state index contributed by atoms with van der Waals surface area (Å²) in [4.78, 5) is 37.8. The van der Waals surface area contributed by atoms with Crippen molar-refractivity contribution in [3.63, 3.8) is 0 Å². The van der Waals surface area contributed by atoms with Crippen LogP contribution in [0.2, 0.25) is 0 Å². The van der Waals surface area contributed by atoms with Crippen LogP contribution in [0.15, 0.2) is 60.8 Å². The number of hydrogen-bond donors (Lipinski definition) is 2. The first kappa shape index (κ1) is 73.7. The molecule has 0 aromatic rings. The van der Waals surface area contributed by atoms with Crippen molar-refractivity contribution in [2.75, 3.05) is 40.9 Å². The molecule has 1 amide bonds. The van der Waals surface area contributed by atoms with Crippen LogP contribution in [-0.4, -0.2) is 74.3 Å². The van der Waals surface area contributed by atoms with E-state index in [4.69, 9.17) is 13.8 Å². The van der Waals surface area contributed by atoms with E-state index >= 15 is 0 Å². The van der Waals surface area contributed by atoms with Gasteiger partial charge in [0.05, 0.1) is 33.8 Å². The molecule has 10 heteroatoms. The summed E-state index contributed by atoms with van der Waals surface area (Å²) in [7, 11) is 1.49. The van der Waals surface area contributed by atoms with Crippen molar-refractivity contribution in [3.05, 3.63) is 60.8 Å². The van der Waals surface area contributed by atoms with E-state index in [9.17, 15) is 19.0 Å². The first-order chi connectivity index (χ1) is 36.9. The Balaban J connectivity index is 5.22. The lowest BCUT2D eigenvalue weighted by atomic mass is 10.0. The van der Waals surface area contributed by atoms with Crippen LogP contribution >= 0.6 is 7.82 Å². The molecule has 0 heterocycles. The number of carbonyl (C=O) groups excluding carboxylic acids is 2. The van der Waals surface area contributed by atoms with Crippen LogP contribution in [0.4, 0.5) is 0 Å². The average molecular weight is 1090 g/mol. The maximum atomic E-state index is 13.6. The van der Waals surface area contributed by atoms with Gasteiger partial charge in [-0.3, -0.25) is 18.6 Å². The van der Waals surface area contributed by atoms with Crippen molar-refractivity contribution in [1.29, 1.82) is 0 Å². The number of nitrogens with zero attached hydrogens (tertiary/aromatic N) is 1. The summed E-state index contributed by atoms with van der Waals surface area (Å²) < 4.78 is 30.7. The lowest BCUT2D eigenvalue weighted by Gasteiger charge is -2.27. The number of likely N-dealkylation sites (N-methyl/N-ethyl adjacent to an activating group) is 1. The van der Waals surface area contributed by atoms with E-state index in [1.807, 2.05) is 33.3 Å². The Hall–Kier alpha value is -2.29. The zero-order chi connectivity index (χ0) is 55.7. The molecule has 0 saturated carbocycles. The third kappa shape index (κ3) is 56.4. The van der Waals surface area contributed by atoms with E-state index in [1.165, 1.54) is 193 Å². The van der Waals surface area contributed by atoms with Crippen LogP contribution in [0.25, 0.3) is 0 Å². The number of amides is 1. The number of nitrogens with one attached hydrogen (secondary N) is 1. The van der Waals surface area contributed by atoms with Gasteiger partial charge in [-0.15, -0.1) is 0 Å². The summed E-state index contributed by atoms with van der Waals surface area (Å²) in [6.07, 6.45) is 70.6. The van der Waals surface area contributed by atoms with Gasteiger partial charge in [0.25, 0.3) is 0 Å². The predicted molar refractivity (Wildman–Crippen MR) is 328 cm³/mol. The fourth-order valence-corrected chi connectivity index (χ4v) is 9.91. The summed E-state index contributed by atoms with van der Waals surface area (Å²) in [6.45, 7) is 6.98. The van der Waals surface area contributed by atoms with Gasteiger partial charge in [0, 0.05) is 12.8 Å². The van der Waals surface area contributed by atoms with Gasteiger partial charge in [0.1, 0.15) is 19.3 Å². The van der Waals surface area contributed by atoms with E-state index in [0.717, 1.165) is 70.6 Å². The van der Waals surface area contributed by atoms with Gasteiger partial charge in [0.2, 0.25) is 5.91 Å². The molecule has 0 radical (unpaired) electrons. The fourth-order valence-electron chi connectivity index (χ4n) is 9.18. The zero-order valence-corrected chi connectivity index (χ0v) is 51.6. The van der Waals surface area contributed by atoms with Crippen LogP contribution in [0.1, 0.15) is 297 Å². The quantitative estimate of drug-likeness (QED) is 0.0205. The molecule has 0 aliphatic carbocycles.